The fraction of sp³-hybridized carbons (Fsp3) is 0.600. The molecule has 2 rings (SSSR count). The Balaban J connectivity index is 1.95. The Morgan fingerprint density at radius 1 is 1.35 bits per heavy atom. The summed E-state index contributed by atoms with van der Waals surface area (Å²) in [5, 5.41) is 14.5. The predicted molar refractivity (Wildman–Crippen MR) is 83.7 cm³/mol. The number of rotatable bonds is 5. The van der Waals surface area contributed by atoms with Crippen molar-refractivity contribution in [3.8, 4) is 0 Å². The molecule has 5 heteroatoms. The van der Waals surface area contributed by atoms with Crippen LogP contribution >= 0.6 is 15.9 Å². The van der Waals surface area contributed by atoms with Crippen molar-refractivity contribution in [1.29, 1.82) is 0 Å². The van der Waals surface area contributed by atoms with E-state index in [1.807, 2.05) is 12.1 Å². The number of nitrogens with zero attached hydrogens (tertiary/aromatic N) is 1. The molecule has 0 atom stereocenters. The third kappa shape index (κ3) is 4.03. The molecule has 1 aliphatic carbocycles. The second-order valence-electron chi connectivity index (χ2n) is 6.01. The highest BCUT2D eigenvalue weighted by atomic mass is 79.9. The van der Waals surface area contributed by atoms with E-state index >= 15 is 0 Å². The molecule has 0 amide bonds. The van der Waals surface area contributed by atoms with Gasteiger partial charge in [0, 0.05) is 29.2 Å². The molecule has 0 bridgehead atoms. The molecule has 0 unspecified atom stereocenters. The van der Waals surface area contributed by atoms with Crippen LogP contribution in [0.2, 0.25) is 0 Å². The normalized spacial score (nSPS) is 17.9. The Hall–Kier alpha value is -0.940. The van der Waals surface area contributed by atoms with Crippen LogP contribution in [0.3, 0.4) is 0 Å². The summed E-state index contributed by atoms with van der Waals surface area (Å²) in [7, 11) is 0. The Labute approximate surface area is 128 Å². The van der Waals surface area contributed by atoms with E-state index in [0.29, 0.717) is 12.0 Å². The number of hydrogen-bond donors (Lipinski definition) is 1. The lowest BCUT2D eigenvalue weighted by Gasteiger charge is -2.33. The third-order valence-electron chi connectivity index (χ3n) is 4.17. The van der Waals surface area contributed by atoms with Crippen LogP contribution in [0, 0.1) is 15.5 Å². The highest BCUT2D eigenvalue weighted by Crippen LogP contribution is 2.35. The third-order valence-corrected chi connectivity index (χ3v) is 4.67. The van der Waals surface area contributed by atoms with Crippen LogP contribution in [0.4, 0.5) is 5.69 Å². The molecule has 0 spiro atoms. The summed E-state index contributed by atoms with van der Waals surface area (Å²) in [6.45, 7) is 3.80. The molecule has 1 N–H and O–H groups in total. The predicted octanol–water partition coefficient (Wildman–Crippen LogP) is 4.42. The van der Waals surface area contributed by atoms with Gasteiger partial charge in [0.05, 0.1) is 4.92 Å². The van der Waals surface area contributed by atoms with Gasteiger partial charge in [-0.1, -0.05) is 42.1 Å². The fourth-order valence-electron chi connectivity index (χ4n) is 2.94. The molecule has 4 nitrogen and oxygen atoms in total. The van der Waals surface area contributed by atoms with Gasteiger partial charge in [-0.15, -0.1) is 0 Å². The van der Waals surface area contributed by atoms with Crippen molar-refractivity contribution in [3.05, 3.63) is 38.3 Å². The summed E-state index contributed by atoms with van der Waals surface area (Å²) in [5.74, 6) is 0. The first-order chi connectivity index (χ1) is 9.50. The zero-order valence-corrected chi connectivity index (χ0v) is 13.4. The maximum Gasteiger partial charge on any atom is 0.275 e. The van der Waals surface area contributed by atoms with Gasteiger partial charge < -0.3 is 5.32 Å². The fourth-order valence-corrected chi connectivity index (χ4v) is 3.29. The van der Waals surface area contributed by atoms with Gasteiger partial charge in [0.1, 0.15) is 0 Å². The molecular weight excluding hydrogens is 320 g/mol. The van der Waals surface area contributed by atoms with Crippen molar-refractivity contribution >= 4 is 21.6 Å². The number of halogens is 1. The first kappa shape index (κ1) is 15.4. The minimum absolute atomic E-state index is 0.181. The maximum atomic E-state index is 11.1. The maximum absolute atomic E-state index is 11.1. The lowest BCUT2D eigenvalue weighted by Crippen LogP contribution is -2.33. The van der Waals surface area contributed by atoms with E-state index in [1.54, 1.807) is 6.07 Å². The van der Waals surface area contributed by atoms with Crippen molar-refractivity contribution < 1.29 is 4.92 Å². The summed E-state index contributed by atoms with van der Waals surface area (Å²) < 4.78 is 0.743. The molecule has 0 heterocycles. The SMILES string of the molecule is CC1(CNCc2ccc(Br)cc2[N+](=O)[O-])CCCCC1. The zero-order valence-electron chi connectivity index (χ0n) is 11.8. The van der Waals surface area contributed by atoms with Crippen LogP contribution in [0.25, 0.3) is 0 Å². The molecule has 0 aliphatic heterocycles. The summed E-state index contributed by atoms with van der Waals surface area (Å²) in [4.78, 5) is 10.7. The molecule has 0 saturated heterocycles. The molecule has 0 radical (unpaired) electrons. The molecule has 1 aromatic carbocycles. The van der Waals surface area contributed by atoms with Crippen molar-refractivity contribution in [2.24, 2.45) is 5.41 Å². The van der Waals surface area contributed by atoms with Crippen LogP contribution in [0.5, 0.6) is 0 Å². The average Bonchev–Trinajstić information content (AvgIpc) is 2.41. The molecular formula is C15H21BrN2O2. The standard InChI is InChI=1S/C15H21BrN2O2/c1-15(7-3-2-4-8-15)11-17-10-12-5-6-13(16)9-14(12)18(19)20/h5-6,9,17H,2-4,7-8,10-11H2,1H3. The Bertz CT molecular complexity index is 485. The van der Waals surface area contributed by atoms with Crippen LogP contribution in [0.15, 0.2) is 22.7 Å². The van der Waals surface area contributed by atoms with Gasteiger partial charge in [0.2, 0.25) is 0 Å². The van der Waals surface area contributed by atoms with E-state index in [9.17, 15) is 10.1 Å². The number of nitrogens with one attached hydrogen (secondary N) is 1. The van der Waals surface area contributed by atoms with E-state index in [1.165, 1.54) is 32.1 Å². The smallest absolute Gasteiger partial charge is 0.275 e. The summed E-state index contributed by atoms with van der Waals surface area (Å²) in [6, 6.07) is 5.24. The molecule has 110 valence electrons. The van der Waals surface area contributed by atoms with Gasteiger partial charge in [-0.3, -0.25) is 10.1 Å². The largest absolute Gasteiger partial charge is 0.312 e. The van der Waals surface area contributed by atoms with E-state index in [2.05, 4.69) is 28.2 Å². The molecule has 1 aliphatic rings. The van der Waals surface area contributed by atoms with E-state index in [0.717, 1.165) is 16.6 Å². The Morgan fingerprint density at radius 2 is 2.05 bits per heavy atom. The van der Waals surface area contributed by atoms with Crippen LogP contribution < -0.4 is 5.32 Å². The summed E-state index contributed by atoms with van der Waals surface area (Å²) >= 11 is 3.28. The van der Waals surface area contributed by atoms with Crippen molar-refractivity contribution in [1.82, 2.24) is 5.32 Å². The first-order valence-corrected chi connectivity index (χ1v) is 7.93. The number of hydrogen-bond acceptors (Lipinski definition) is 3. The van der Waals surface area contributed by atoms with Crippen LogP contribution in [-0.2, 0) is 6.54 Å². The Morgan fingerprint density at radius 3 is 2.70 bits per heavy atom. The summed E-state index contributed by atoms with van der Waals surface area (Å²) in [6.07, 6.45) is 6.45. The van der Waals surface area contributed by atoms with E-state index in [-0.39, 0.29) is 10.6 Å². The average molecular weight is 341 g/mol. The summed E-state index contributed by atoms with van der Waals surface area (Å²) in [5.41, 5.74) is 1.28. The lowest BCUT2D eigenvalue weighted by molar-refractivity contribution is -0.385. The van der Waals surface area contributed by atoms with Gasteiger partial charge in [-0.25, -0.2) is 0 Å². The number of nitro groups is 1. The molecule has 20 heavy (non-hydrogen) atoms. The Kier molecular flexibility index (Phi) is 5.16. The van der Waals surface area contributed by atoms with Crippen molar-refractivity contribution in [3.63, 3.8) is 0 Å². The lowest BCUT2D eigenvalue weighted by atomic mass is 9.76. The minimum atomic E-state index is -0.315. The first-order valence-electron chi connectivity index (χ1n) is 7.14. The number of nitro benzene ring substituents is 1. The monoisotopic (exact) mass is 340 g/mol. The van der Waals surface area contributed by atoms with Crippen LogP contribution in [0.1, 0.15) is 44.6 Å². The van der Waals surface area contributed by atoms with E-state index < -0.39 is 0 Å². The van der Waals surface area contributed by atoms with Gasteiger partial charge >= 0.3 is 0 Å². The van der Waals surface area contributed by atoms with Gasteiger partial charge in [0.15, 0.2) is 0 Å². The number of benzene rings is 1. The topological polar surface area (TPSA) is 55.2 Å². The minimum Gasteiger partial charge on any atom is -0.312 e. The van der Waals surface area contributed by atoms with Gasteiger partial charge in [-0.05, 0) is 30.4 Å². The van der Waals surface area contributed by atoms with Gasteiger partial charge in [-0.2, -0.15) is 0 Å². The van der Waals surface area contributed by atoms with Crippen LogP contribution in [-0.4, -0.2) is 11.5 Å². The van der Waals surface area contributed by atoms with Gasteiger partial charge in [0.25, 0.3) is 5.69 Å². The van der Waals surface area contributed by atoms with Crippen molar-refractivity contribution in [2.45, 2.75) is 45.6 Å². The second kappa shape index (κ2) is 6.68. The van der Waals surface area contributed by atoms with Crippen molar-refractivity contribution in [2.75, 3.05) is 6.54 Å². The molecule has 1 aromatic rings. The molecule has 1 fully saturated rings. The van der Waals surface area contributed by atoms with E-state index in [4.69, 9.17) is 0 Å². The quantitative estimate of drug-likeness (QED) is 0.637. The highest BCUT2D eigenvalue weighted by molar-refractivity contribution is 9.10. The zero-order chi connectivity index (χ0) is 14.6. The second-order valence-corrected chi connectivity index (χ2v) is 6.92. The highest BCUT2D eigenvalue weighted by Gasteiger charge is 2.26. The molecule has 1 saturated carbocycles. The molecule has 0 aromatic heterocycles.